The molecule has 18 heavy (non-hydrogen) atoms. The lowest BCUT2D eigenvalue weighted by Gasteiger charge is -2.22. The molecule has 1 aromatic rings. The van der Waals surface area contributed by atoms with Crippen molar-refractivity contribution in [2.24, 2.45) is 5.92 Å². The van der Waals surface area contributed by atoms with Gasteiger partial charge in [-0.05, 0) is 44.0 Å². The highest BCUT2D eigenvalue weighted by atomic mass is 35.5. The van der Waals surface area contributed by atoms with E-state index in [9.17, 15) is 0 Å². The number of nitrogens with one attached hydrogen (secondary N) is 1. The molecule has 1 saturated heterocycles. The van der Waals surface area contributed by atoms with Crippen LogP contribution in [0.4, 0.5) is 0 Å². The van der Waals surface area contributed by atoms with Crippen LogP contribution in [0.1, 0.15) is 12.8 Å². The van der Waals surface area contributed by atoms with Crippen molar-refractivity contribution in [3.63, 3.8) is 0 Å². The molecule has 1 aromatic carbocycles. The molecule has 2 aliphatic rings. The Bertz CT molecular complexity index is 394. The lowest BCUT2D eigenvalue weighted by atomic mass is 9.99. The van der Waals surface area contributed by atoms with Crippen LogP contribution in [-0.4, -0.2) is 26.5 Å². The minimum Gasteiger partial charge on any atom is -0.493 e. The average Bonchev–Trinajstić information content (AvgIpc) is 2.85. The van der Waals surface area contributed by atoms with Crippen LogP contribution in [0.3, 0.4) is 0 Å². The molecule has 0 aromatic heterocycles. The monoisotopic (exact) mass is 271 g/mol. The van der Waals surface area contributed by atoms with E-state index in [1.54, 1.807) is 0 Å². The van der Waals surface area contributed by atoms with Crippen LogP contribution in [0, 0.1) is 5.92 Å². The molecule has 4 nitrogen and oxygen atoms in total. The highest BCUT2D eigenvalue weighted by molar-refractivity contribution is 5.85. The summed E-state index contributed by atoms with van der Waals surface area (Å²) in [6, 6.07) is 5.75. The molecule has 0 aliphatic carbocycles. The largest absolute Gasteiger partial charge is 0.493 e. The zero-order valence-corrected chi connectivity index (χ0v) is 11.0. The Morgan fingerprint density at radius 1 is 1.17 bits per heavy atom. The van der Waals surface area contributed by atoms with Crippen molar-refractivity contribution in [3.05, 3.63) is 18.2 Å². The van der Waals surface area contributed by atoms with Crippen LogP contribution >= 0.6 is 12.4 Å². The topological polar surface area (TPSA) is 39.7 Å². The Morgan fingerprint density at radius 2 is 1.94 bits per heavy atom. The van der Waals surface area contributed by atoms with Gasteiger partial charge in [-0.2, -0.15) is 0 Å². The summed E-state index contributed by atoms with van der Waals surface area (Å²) in [6.45, 7) is 3.32. The fourth-order valence-electron chi connectivity index (χ4n) is 2.23. The Labute approximate surface area is 113 Å². The summed E-state index contributed by atoms with van der Waals surface area (Å²) in [7, 11) is 0. The molecule has 0 atom stereocenters. The highest BCUT2D eigenvalue weighted by Gasteiger charge is 2.16. The second-order valence-electron chi connectivity index (χ2n) is 4.52. The third-order valence-electron chi connectivity index (χ3n) is 3.29. The Kier molecular flexibility index (Phi) is 4.55. The van der Waals surface area contributed by atoms with Crippen molar-refractivity contribution >= 4 is 12.4 Å². The molecule has 0 bridgehead atoms. The van der Waals surface area contributed by atoms with Gasteiger partial charge < -0.3 is 19.5 Å². The van der Waals surface area contributed by atoms with Crippen LogP contribution in [-0.2, 0) is 0 Å². The third kappa shape index (κ3) is 3.00. The van der Waals surface area contributed by atoms with Crippen molar-refractivity contribution < 1.29 is 14.2 Å². The minimum absolute atomic E-state index is 0. The predicted molar refractivity (Wildman–Crippen MR) is 70.9 cm³/mol. The van der Waals surface area contributed by atoms with E-state index in [1.165, 1.54) is 12.8 Å². The maximum Gasteiger partial charge on any atom is 0.231 e. The summed E-state index contributed by atoms with van der Waals surface area (Å²) < 4.78 is 16.4. The van der Waals surface area contributed by atoms with Crippen molar-refractivity contribution in [1.82, 2.24) is 5.32 Å². The van der Waals surface area contributed by atoms with Crippen molar-refractivity contribution in [2.45, 2.75) is 12.8 Å². The molecule has 3 rings (SSSR count). The molecule has 1 fully saturated rings. The third-order valence-corrected chi connectivity index (χ3v) is 3.29. The van der Waals surface area contributed by atoms with Crippen molar-refractivity contribution in [1.29, 1.82) is 0 Å². The van der Waals surface area contributed by atoms with Gasteiger partial charge in [0.25, 0.3) is 0 Å². The van der Waals surface area contributed by atoms with Gasteiger partial charge in [-0.15, -0.1) is 12.4 Å². The van der Waals surface area contributed by atoms with Crippen LogP contribution in [0.15, 0.2) is 18.2 Å². The van der Waals surface area contributed by atoms with E-state index in [-0.39, 0.29) is 12.4 Å². The van der Waals surface area contributed by atoms with Crippen molar-refractivity contribution in [2.75, 3.05) is 26.5 Å². The predicted octanol–water partition coefficient (Wildman–Crippen LogP) is 2.22. The van der Waals surface area contributed by atoms with E-state index in [4.69, 9.17) is 14.2 Å². The minimum atomic E-state index is 0. The molecular formula is C13H18ClNO3. The fraction of sp³-hybridized carbons (Fsp3) is 0.538. The van der Waals surface area contributed by atoms with Gasteiger partial charge in [-0.25, -0.2) is 0 Å². The first-order chi connectivity index (χ1) is 8.42. The molecule has 100 valence electrons. The molecule has 0 saturated carbocycles. The maximum atomic E-state index is 5.81. The smallest absolute Gasteiger partial charge is 0.231 e. The van der Waals surface area contributed by atoms with Gasteiger partial charge in [-0.1, -0.05) is 0 Å². The lowest BCUT2D eigenvalue weighted by molar-refractivity contribution is 0.173. The van der Waals surface area contributed by atoms with Crippen LogP contribution < -0.4 is 19.5 Å². The molecule has 0 unspecified atom stereocenters. The molecule has 1 N–H and O–H groups in total. The zero-order chi connectivity index (χ0) is 11.5. The number of ether oxygens (including phenoxy) is 3. The van der Waals surface area contributed by atoms with Crippen molar-refractivity contribution in [3.8, 4) is 17.2 Å². The molecule has 0 spiro atoms. The first-order valence-corrected chi connectivity index (χ1v) is 6.15. The van der Waals surface area contributed by atoms with E-state index in [0.717, 1.165) is 36.9 Å². The zero-order valence-electron chi connectivity index (χ0n) is 10.2. The Morgan fingerprint density at radius 3 is 2.78 bits per heavy atom. The summed E-state index contributed by atoms with van der Waals surface area (Å²) in [6.07, 6.45) is 2.40. The highest BCUT2D eigenvalue weighted by Crippen LogP contribution is 2.35. The van der Waals surface area contributed by atoms with E-state index in [0.29, 0.717) is 12.7 Å². The molecular weight excluding hydrogens is 254 g/mol. The molecule has 0 radical (unpaired) electrons. The quantitative estimate of drug-likeness (QED) is 0.915. The van der Waals surface area contributed by atoms with Gasteiger partial charge in [-0.3, -0.25) is 0 Å². The maximum absolute atomic E-state index is 5.81. The Hall–Kier alpha value is -1.13. The average molecular weight is 272 g/mol. The number of fused-ring (bicyclic) bond motifs is 1. The van der Waals surface area contributed by atoms with E-state index in [2.05, 4.69) is 5.32 Å². The second-order valence-corrected chi connectivity index (χ2v) is 4.52. The van der Waals surface area contributed by atoms with Gasteiger partial charge in [0.15, 0.2) is 11.5 Å². The SMILES string of the molecule is Cl.c1cc2c(cc1OCC1CCNCC1)OCO2. The fourth-order valence-corrected chi connectivity index (χ4v) is 2.23. The van der Waals surface area contributed by atoms with Gasteiger partial charge in [0.2, 0.25) is 6.79 Å². The standard InChI is InChI=1S/C13H17NO3.ClH/c1-2-12-13(17-9-16-12)7-11(1)15-8-10-3-5-14-6-4-10;/h1-2,7,10,14H,3-6,8-9H2;1H. The first kappa shape index (κ1) is 13.3. The summed E-state index contributed by atoms with van der Waals surface area (Å²) >= 11 is 0. The van der Waals surface area contributed by atoms with Gasteiger partial charge in [0, 0.05) is 6.07 Å². The first-order valence-electron chi connectivity index (χ1n) is 6.15. The van der Waals surface area contributed by atoms with E-state index < -0.39 is 0 Å². The number of hydrogen-bond acceptors (Lipinski definition) is 4. The van der Waals surface area contributed by atoms with Crippen LogP contribution in [0.2, 0.25) is 0 Å². The molecule has 2 heterocycles. The lowest BCUT2D eigenvalue weighted by Crippen LogP contribution is -2.30. The molecule has 2 aliphatic heterocycles. The van der Waals surface area contributed by atoms with Gasteiger partial charge in [0.1, 0.15) is 5.75 Å². The number of halogens is 1. The van der Waals surface area contributed by atoms with Crippen LogP contribution in [0.25, 0.3) is 0 Å². The summed E-state index contributed by atoms with van der Waals surface area (Å²) in [5, 5.41) is 3.35. The summed E-state index contributed by atoms with van der Waals surface area (Å²) in [5.74, 6) is 3.13. The second kappa shape index (κ2) is 6.16. The normalized spacial score (nSPS) is 18.2. The van der Waals surface area contributed by atoms with E-state index >= 15 is 0 Å². The van der Waals surface area contributed by atoms with E-state index in [1.807, 2.05) is 18.2 Å². The summed E-state index contributed by atoms with van der Waals surface area (Å²) in [5.41, 5.74) is 0. The van der Waals surface area contributed by atoms with Gasteiger partial charge >= 0.3 is 0 Å². The number of rotatable bonds is 3. The molecule has 5 heteroatoms. The number of hydrogen-bond donors (Lipinski definition) is 1. The van der Waals surface area contributed by atoms with Crippen LogP contribution in [0.5, 0.6) is 17.2 Å². The number of piperidine rings is 1. The number of benzene rings is 1. The van der Waals surface area contributed by atoms with Gasteiger partial charge in [0.05, 0.1) is 6.61 Å². The summed E-state index contributed by atoms with van der Waals surface area (Å²) in [4.78, 5) is 0. The molecule has 0 amide bonds. The Balaban J connectivity index is 0.00000120.